The lowest BCUT2D eigenvalue weighted by Crippen LogP contribution is -2.43. The van der Waals surface area contributed by atoms with Gasteiger partial charge in [0.1, 0.15) is 12.6 Å². The predicted molar refractivity (Wildman–Crippen MR) is 65.3 cm³/mol. The minimum atomic E-state index is -4.45. The molecular weight excluding hydrogens is 293 g/mol. The van der Waals surface area contributed by atoms with Gasteiger partial charge < -0.3 is 15.3 Å². The van der Waals surface area contributed by atoms with Crippen molar-refractivity contribution in [1.82, 2.24) is 10.2 Å². The third kappa shape index (κ3) is 6.46. The van der Waals surface area contributed by atoms with E-state index in [9.17, 15) is 27.6 Å². The van der Waals surface area contributed by atoms with E-state index in [1.165, 1.54) is 0 Å². The Kier molecular flexibility index (Phi) is 5.98. The van der Waals surface area contributed by atoms with Crippen molar-refractivity contribution >= 4 is 17.8 Å². The highest BCUT2D eigenvalue weighted by atomic mass is 19.4. The normalized spacial score (nSPS) is 18.9. The number of unbranched alkanes of at least 4 members (excludes halogenated alkanes) is 1. The van der Waals surface area contributed by atoms with Crippen LogP contribution in [0, 0.1) is 0 Å². The number of aliphatic carboxylic acids is 1. The van der Waals surface area contributed by atoms with Crippen LogP contribution in [0.25, 0.3) is 0 Å². The summed E-state index contributed by atoms with van der Waals surface area (Å²) in [5.41, 5.74) is 0. The van der Waals surface area contributed by atoms with Gasteiger partial charge in [-0.25, -0.2) is 0 Å². The number of likely N-dealkylation sites (tertiary alicyclic amines) is 1. The molecule has 0 radical (unpaired) electrons. The molecule has 2 N–H and O–H groups in total. The number of carboxylic acids is 1. The fourth-order valence-corrected chi connectivity index (χ4v) is 2.07. The molecule has 0 aromatic carbocycles. The highest BCUT2D eigenvalue weighted by Crippen LogP contribution is 2.20. The number of carbonyl (C=O) groups excluding carboxylic acids is 2. The van der Waals surface area contributed by atoms with E-state index in [4.69, 9.17) is 5.11 Å². The summed E-state index contributed by atoms with van der Waals surface area (Å²) in [5.74, 6) is -2.14. The number of nitrogens with one attached hydrogen (secondary N) is 1. The van der Waals surface area contributed by atoms with Crippen LogP contribution in [0.5, 0.6) is 0 Å². The third-order valence-electron chi connectivity index (χ3n) is 3.05. The lowest BCUT2D eigenvalue weighted by molar-refractivity contribution is -0.158. The van der Waals surface area contributed by atoms with Crippen LogP contribution in [0.1, 0.15) is 32.1 Å². The Morgan fingerprint density at radius 1 is 1.29 bits per heavy atom. The Balaban J connectivity index is 2.31. The molecule has 21 heavy (non-hydrogen) atoms. The molecule has 1 atom stereocenters. The van der Waals surface area contributed by atoms with E-state index in [2.05, 4.69) is 5.32 Å². The Hall–Kier alpha value is -1.80. The number of halogens is 3. The number of nitrogens with zero attached hydrogens (tertiary/aromatic N) is 1. The zero-order chi connectivity index (χ0) is 16.0. The van der Waals surface area contributed by atoms with Gasteiger partial charge in [-0.3, -0.25) is 14.4 Å². The van der Waals surface area contributed by atoms with Gasteiger partial charge in [0.15, 0.2) is 0 Å². The van der Waals surface area contributed by atoms with E-state index in [-0.39, 0.29) is 25.8 Å². The van der Waals surface area contributed by atoms with Crippen molar-refractivity contribution in [2.45, 2.75) is 44.3 Å². The van der Waals surface area contributed by atoms with Crippen molar-refractivity contribution < 1.29 is 32.7 Å². The van der Waals surface area contributed by atoms with Crippen molar-refractivity contribution in [2.24, 2.45) is 0 Å². The van der Waals surface area contributed by atoms with Crippen LogP contribution >= 0.6 is 0 Å². The molecule has 1 heterocycles. The second-order valence-corrected chi connectivity index (χ2v) is 4.88. The van der Waals surface area contributed by atoms with E-state index in [1.807, 2.05) is 0 Å². The molecule has 1 fully saturated rings. The average molecular weight is 310 g/mol. The van der Waals surface area contributed by atoms with Crippen LogP contribution in [0.15, 0.2) is 0 Å². The highest BCUT2D eigenvalue weighted by molar-refractivity contribution is 5.89. The van der Waals surface area contributed by atoms with E-state index < -0.39 is 36.5 Å². The molecule has 1 aliphatic rings. The van der Waals surface area contributed by atoms with Gasteiger partial charge >= 0.3 is 12.1 Å². The van der Waals surface area contributed by atoms with E-state index in [0.717, 1.165) is 0 Å². The van der Waals surface area contributed by atoms with Crippen LogP contribution in [0.3, 0.4) is 0 Å². The number of amides is 2. The SMILES string of the molecule is O=C(O)CCCCC(=O)NC1CCN(CC(F)(F)F)C1=O. The lowest BCUT2D eigenvalue weighted by atomic mass is 10.1. The maximum absolute atomic E-state index is 12.2. The van der Waals surface area contributed by atoms with Crippen LogP contribution < -0.4 is 5.32 Å². The number of carbonyl (C=O) groups is 3. The second-order valence-electron chi connectivity index (χ2n) is 4.88. The maximum Gasteiger partial charge on any atom is 0.406 e. The number of alkyl halides is 3. The van der Waals surface area contributed by atoms with Gasteiger partial charge in [-0.2, -0.15) is 13.2 Å². The maximum atomic E-state index is 12.2. The fourth-order valence-electron chi connectivity index (χ4n) is 2.07. The molecule has 1 aliphatic heterocycles. The van der Waals surface area contributed by atoms with Crippen molar-refractivity contribution in [1.29, 1.82) is 0 Å². The van der Waals surface area contributed by atoms with Gasteiger partial charge in [0.25, 0.3) is 0 Å². The minimum absolute atomic E-state index is 0.0394. The van der Waals surface area contributed by atoms with Crippen LogP contribution in [-0.2, 0) is 14.4 Å². The Labute approximate surface area is 119 Å². The Morgan fingerprint density at radius 3 is 2.48 bits per heavy atom. The summed E-state index contributed by atoms with van der Waals surface area (Å²) in [5, 5.41) is 10.8. The monoisotopic (exact) mass is 310 g/mol. The van der Waals surface area contributed by atoms with Crippen molar-refractivity contribution in [2.75, 3.05) is 13.1 Å². The minimum Gasteiger partial charge on any atom is -0.481 e. The zero-order valence-electron chi connectivity index (χ0n) is 11.3. The van der Waals surface area contributed by atoms with E-state index >= 15 is 0 Å². The summed E-state index contributed by atoms with van der Waals surface area (Å²) in [6.45, 7) is -1.35. The van der Waals surface area contributed by atoms with E-state index in [0.29, 0.717) is 17.7 Å². The topological polar surface area (TPSA) is 86.7 Å². The summed E-state index contributed by atoms with van der Waals surface area (Å²) in [6, 6.07) is -0.917. The van der Waals surface area contributed by atoms with Gasteiger partial charge in [0, 0.05) is 19.4 Å². The quantitative estimate of drug-likeness (QED) is 0.684. The number of carboxylic acid groups (broad SMARTS) is 1. The zero-order valence-corrected chi connectivity index (χ0v) is 11.3. The largest absolute Gasteiger partial charge is 0.481 e. The summed E-state index contributed by atoms with van der Waals surface area (Å²) in [4.78, 5) is 34.2. The first-order chi connectivity index (χ1) is 9.69. The molecule has 0 aromatic heterocycles. The molecular formula is C12H17F3N2O4. The molecule has 0 aliphatic carbocycles. The Bertz CT molecular complexity index is 412. The van der Waals surface area contributed by atoms with Gasteiger partial charge in [0.05, 0.1) is 0 Å². The van der Waals surface area contributed by atoms with Gasteiger partial charge in [0.2, 0.25) is 11.8 Å². The smallest absolute Gasteiger partial charge is 0.406 e. The first-order valence-electron chi connectivity index (χ1n) is 6.56. The average Bonchev–Trinajstić information content (AvgIpc) is 2.65. The van der Waals surface area contributed by atoms with Crippen molar-refractivity contribution in [3.05, 3.63) is 0 Å². The molecule has 2 amide bonds. The summed E-state index contributed by atoms with van der Waals surface area (Å²) >= 11 is 0. The summed E-state index contributed by atoms with van der Waals surface area (Å²) in [7, 11) is 0. The van der Waals surface area contributed by atoms with Crippen molar-refractivity contribution in [3.8, 4) is 0 Å². The predicted octanol–water partition coefficient (Wildman–Crippen LogP) is 0.911. The molecule has 1 saturated heterocycles. The summed E-state index contributed by atoms with van der Waals surface area (Å²) in [6.07, 6.45) is -3.61. The van der Waals surface area contributed by atoms with Crippen LogP contribution in [0.2, 0.25) is 0 Å². The third-order valence-corrected chi connectivity index (χ3v) is 3.05. The molecule has 1 unspecified atom stereocenters. The second kappa shape index (κ2) is 7.28. The standard InChI is InChI=1S/C12H17F3N2O4/c13-12(14,15)7-17-6-5-8(11(17)21)16-9(18)3-1-2-4-10(19)20/h8H,1-7H2,(H,16,18)(H,19,20). The first kappa shape index (κ1) is 17.3. The molecule has 1 rings (SSSR count). The van der Waals surface area contributed by atoms with Gasteiger partial charge in [-0.15, -0.1) is 0 Å². The van der Waals surface area contributed by atoms with Crippen LogP contribution in [0.4, 0.5) is 13.2 Å². The van der Waals surface area contributed by atoms with Gasteiger partial charge in [-0.05, 0) is 19.3 Å². The van der Waals surface area contributed by atoms with Crippen molar-refractivity contribution in [3.63, 3.8) is 0 Å². The van der Waals surface area contributed by atoms with Crippen LogP contribution in [-0.4, -0.2) is 53.1 Å². The highest BCUT2D eigenvalue weighted by Gasteiger charge is 2.39. The van der Waals surface area contributed by atoms with E-state index in [1.54, 1.807) is 0 Å². The molecule has 9 heteroatoms. The van der Waals surface area contributed by atoms with Gasteiger partial charge in [-0.1, -0.05) is 0 Å². The molecule has 0 spiro atoms. The molecule has 6 nitrogen and oxygen atoms in total. The molecule has 120 valence electrons. The number of rotatable bonds is 7. The Morgan fingerprint density at radius 2 is 1.90 bits per heavy atom. The molecule has 0 aromatic rings. The number of hydrogen-bond acceptors (Lipinski definition) is 3. The first-order valence-corrected chi connectivity index (χ1v) is 6.56. The molecule has 0 saturated carbocycles. The summed E-state index contributed by atoms with van der Waals surface area (Å²) < 4.78 is 36.6. The lowest BCUT2D eigenvalue weighted by Gasteiger charge is -2.18. The fraction of sp³-hybridized carbons (Fsp3) is 0.750. The molecule has 0 bridgehead atoms. The number of hydrogen-bond donors (Lipinski definition) is 2.